The maximum atomic E-state index is 13.0. The highest BCUT2D eigenvalue weighted by Crippen LogP contribution is 2.38. The molecule has 0 aliphatic carbocycles. The minimum atomic E-state index is -4.60. The molecule has 6 nitrogen and oxygen atoms in total. The monoisotopic (exact) mass is 471 g/mol. The van der Waals surface area contributed by atoms with Gasteiger partial charge in [-0.3, -0.25) is 0 Å². The Bertz CT molecular complexity index is 1050. The van der Waals surface area contributed by atoms with Crippen LogP contribution in [0.15, 0.2) is 48.0 Å². The second-order valence-electron chi connectivity index (χ2n) is 7.27. The number of carbonyl (C=O) groups excluding carboxylic acids is 1. The van der Waals surface area contributed by atoms with Gasteiger partial charge in [0.1, 0.15) is 22.6 Å². The van der Waals surface area contributed by atoms with Crippen molar-refractivity contribution in [1.29, 1.82) is 0 Å². The number of hydrogen-bond acceptors (Lipinski definition) is 6. The lowest BCUT2D eigenvalue weighted by molar-refractivity contribution is -0.137. The number of hydrogen-bond donors (Lipinski definition) is 0. The van der Waals surface area contributed by atoms with E-state index in [-0.39, 0.29) is 11.5 Å². The van der Waals surface area contributed by atoms with Gasteiger partial charge in [0, 0.05) is 0 Å². The number of nitrogens with zero attached hydrogens (tertiary/aromatic N) is 3. The standard InChI is InChI=1S/C20H17ClF3N3O3S/c1-19(2,3)30-18(28)27(17-26-25-11-31-17)12-4-6-13(7-5-12)29-14-8-9-16(21)15(10-14)20(22,23)24/h4-11H,1-3H3. The molecule has 31 heavy (non-hydrogen) atoms. The first-order valence-corrected chi connectivity index (χ1v) is 10.1. The van der Waals surface area contributed by atoms with E-state index >= 15 is 0 Å². The van der Waals surface area contributed by atoms with Crippen LogP contribution in [0, 0.1) is 0 Å². The van der Waals surface area contributed by atoms with E-state index in [1.165, 1.54) is 28.6 Å². The molecule has 3 rings (SSSR count). The van der Waals surface area contributed by atoms with E-state index in [2.05, 4.69) is 10.2 Å². The van der Waals surface area contributed by atoms with Crippen molar-refractivity contribution in [2.75, 3.05) is 4.90 Å². The number of alkyl halides is 3. The molecule has 0 fully saturated rings. The average Bonchev–Trinajstić information content (AvgIpc) is 3.16. The van der Waals surface area contributed by atoms with Gasteiger partial charge in [0.15, 0.2) is 0 Å². The predicted molar refractivity (Wildman–Crippen MR) is 111 cm³/mol. The number of ether oxygens (including phenoxy) is 2. The van der Waals surface area contributed by atoms with Gasteiger partial charge in [-0.2, -0.15) is 13.2 Å². The van der Waals surface area contributed by atoms with Crippen molar-refractivity contribution < 1.29 is 27.4 Å². The van der Waals surface area contributed by atoms with E-state index in [9.17, 15) is 18.0 Å². The van der Waals surface area contributed by atoms with Gasteiger partial charge in [0.05, 0.1) is 16.3 Å². The Hall–Kier alpha value is -2.85. The predicted octanol–water partition coefficient (Wildman–Crippen LogP) is 7.08. The Morgan fingerprint density at radius 1 is 1.06 bits per heavy atom. The van der Waals surface area contributed by atoms with Crippen molar-refractivity contribution in [2.45, 2.75) is 32.5 Å². The third kappa shape index (κ3) is 5.86. The zero-order valence-electron chi connectivity index (χ0n) is 16.6. The molecule has 1 aromatic heterocycles. The molecule has 3 aromatic rings. The number of halogens is 4. The van der Waals surface area contributed by atoms with Crippen molar-refractivity contribution >= 4 is 39.8 Å². The highest BCUT2D eigenvalue weighted by molar-refractivity contribution is 7.13. The number of amides is 1. The second-order valence-corrected chi connectivity index (χ2v) is 8.49. The number of rotatable bonds is 4. The first-order valence-electron chi connectivity index (χ1n) is 8.88. The summed E-state index contributed by atoms with van der Waals surface area (Å²) in [4.78, 5) is 13.9. The zero-order valence-corrected chi connectivity index (χ0v) is 18.2. The van der Waals surface area contributed by atoms with Crippen LogP contribution in [-0.4, -0.2) is 21.9 Å². The molecule has 0 aliphatic rings. The fourth-order valence-corrected chi connectivity index (χ4v) is 3.24. The quantitative estimate of drug-likeness (QED) is 0.407. The van der Waals surface area contributed by atoms with Gasteiger partial charge < -0.3 is 9.47 Å². The summed E-state index contributed by atoms with van der Waals surface area (Å²) in [7, 11) is 0. The topological polar surface area (TPSA) is 64.5 Å². The Balaban J connectivity index is 1.85. The number of aromatic nitrogens is 2. The first-order chi connectivity index (χ1) is 14.4. The molecule has 0 atom stereocenters. The molecule has 2 aromatic carbocycles. The molecular formula is C20H17ClF3N3O3S. The fourth-order valence-electron chi connectivity index (χ4n) is 2.45. The van der Waals surface area contributed by atoms with E-state index in [0.717, 1.165) is 23.5 Å². The summed E-state index contributed by atoms with van der Waals surface area (Å²) < 4.78 is 50.1. The number of anilines is 2. The normalized spacial score (nSPS) is 11.8. The van der Waals surface area contributed by atoms with Crippen LogP contribution in [0.4, 0.5) is 28.8 Å². The molecule has 1 heterocycles. The lowest BCUT2D eigenvalue weighted by atomic mass is 10.2. The lowest BCUT2D eigenvalue weighted by Crippen LogP contribution is -2.33. The summed E-state index contributed by atoms with van der Waals surface area (Å²) in [6, 6.07) is 9.41. The van der Waals surface area contributed by atoms with Gasteiger partial charge in [-0.1, -0.05) is 22.9 Å². The van der Waals surface area contributed by atoms with Crippen LogP contribution in [-0.2, 0) is 10.9 Å². The van der Waals surface area contributed by atoms with Gasteiger partial charge >= 0.3 is 12.3 Å². The first kappa shape index (κ1) is 22.8. The van der Waals surface area contributed by atoms with Crippen LogP contribution in [0.2, 0.25) is 5.02 Å². The molecule has 164 valence electrons. The van der Waals surface area contributed by atoms with Crippen molar-refractivity contribution in [3.63, 3.8) is 0 Å². The lowest BCUT2D eigenvalue weighted by Gasteiger charge is -2.25. The number of carbonyl (C=O) groups is 1. The molecule has 0 aliphatic heterocycles. The van der Waals surface area contributed by atoms with E-state index in [4.69, 9.17) is 21.1 Å². The molecule has 0 unspecified atom stereocenters. The van der Waals surface area contributed by atoms with Crippen LogP contribution < -0.4 is 9.64 Å². The molecule has 0 bridgehead atoms. The third-order valence-corrected chi connectivity index (χ3v) is 4.69. The van der Waals surface area contributed by atoms with E-state index in [1.807, 2.05) is 0 Å². The van der Waals surface area contributed by atoms with Crippen molar-refractivity contribution in [2.24, 2.45) is 0 Å². The maximum absolute atomic E-state index is 13.0. The molecule has 0 N–H and O–H groups in total. The summed E-state index contributed by atoms with van der Waals surface area (Å²) in [5.41, 5.74) is 0.178. The molecule has 0 saturated heterocycles. The molecule has 11 heteroatoms. The Labute approximate surface area is 185 Å². The highest BCUT2D eigenvalue weighted by Gasteiger charge is 2.33. The van der Waals surface area contributed by atoms with Crippen LogP contribution in [0.25, 0.3) is 0 Å². The molecule has 0 radical (unpaired) electrons. The van der Waals surface area contributed by atoms with Crippen molar-refractivity contribution in [3.8, 4) is 11.5 Å². The SMILES string of the molecule is CC(C)(C)OC(=O)N(c1ccc(Oc2ccc(Cl)c(C(F)(F)F)c2)cc1)c1nncs1. The molecular weight excluding hydrogens is 455 g/mol. The van der Waals surface area contributed by atoms with E-state index in [0.29, 0.717) is 10.8 Å². The van der Waals surface area contributed by atoms with Crippen LogP contribution in [0.5, 0.6) is 11.5 Å². The van der Waals surface area contributed by atoms with Gasteiger partial charge in [0.2, 0.25) is 5.13 Å². The van der Waals surface area contributed by atoms with Gasteiger partial charge in [-0.15, -0.1) is 10.2 Å². The summed E-state index contributed by atoms with van der Waals surface area (Å²) in [6.07, 6.45) is -5.25. The Morgan fingerprint density at radius 3 is 2.26 bits per heavy atom. The average molecular weight is 472 g/mol. The fraction of sp³-hybridized carbons (Fsp3) is 0.250. The van der Waals surface area contributed by atoms with Gasteiger partial charge in [0.25, 0.3) is 0 Å². The summed E-state index contributed by atoms with van der Waals surface area (Å²) in [5, 5.41) is 7.55. The van der Waals surface area contributed by atoms with Gasteiger partial charge in [-0.05, 0) is 63.2 Å². The minimum Gasteiger partial charge on any atom is -0.457 e. The maximum Gasteiger partial charge on any atom is 0.421 e. The van der Waals surface area contributed by atoms with Crippen LogP contribution in [0.3, 0.4) is 0 Å². The van der Waals surface area contributed by atoms with E-state index in [1.54, 1.807) is 32.9 Å². The summed E-state index contributed by atoms with van der Waals surface area (Å²) in [6.45, 7) is 5.21. The summed E-state index contributed by atoms with van der Waals surface area (Å²) >= 11 is 6.77. The highest BCUT2D eigenvalue weighted by atomic mass is 35.5. The molecule has 0 saturated carbocycles. The smallest absolute Gasteiger partial charge is 0.421 e. The summed E-state index contributed by atoms with van der Waals surface area (Å²) in [5.74, 6) is 0.234. The Kier molecular flexibility index (Phi) is 6.42. The Morgan fingerprint density at radius 2 is 1.71 bits per heavy atom. The molecule has 1 amide bonds. The number of benzene rings is 2. The molecule has 0 spiro atoms. The third-order valence-electron chi connectivity index (χ3n) is 3.69. The minimum absolute atomic E-state index is 0.0300. The van der Waals surface area contributed by atoms with Crippen LogP contribution >= 0.6 is 22.9 Å². The van der Waals surface area contributed by atoms with Crippen molar-refractivity contribution in [3.05, 3.63) is 58.6 Å². The van der Waals surface area contributed by atoms with Crippen molar-refractivity contribution in [1.82, 2.24) is 10.2 Å². The zero-order chi connectivity index (χ0) is 22.8. The largest absolute Gasteiger partial charge is 0.457 e. The van der Waals surface area contributed by atoms with E-state index < -0.39 is 28.5 Å². The van der Waals surface area contributed by atoms with Crippen LogP contribution in [0.1, 0.15) is 26.3 Å². The van der Waals surface area contributed by atoms with Gasteiger partial charge in [-0.25, -0.2) is 9.69 Å². The second kappa shape index (κ2) is 8.72.